The molecule has 2 aliphatic heterocycles. The monoisotopic (exact) mass is 725 g/mol. The number of carbonyl (C=O) groups is 5. The Balaban J connectivity index is 0.855. The number of aromatic nitrogens is 3. The SMILES string of the molecule is CCCc1cc(N[C@@H]2CC[C@@H](NC(=O)c3ccc(-c4ccc(COc5cccc6c5C(=O)N(C5CCC(=O)NC5=O)C6=O)cc4)cc3)C2)n2nccc2n1. The van der Waals surface area contributed by atoms with Crippen LogP contribution in [0.2, 0.25) is 0 Å². The Morgan fingerprint density at radius 3 is 2.43 bits per heavy atom. The predicted octanol–water partition coefficient (Wildman–Crippen LogP) is 5.09. The lowest BCUT2D eigenvalue weighted by Gasteiger charge is -2.27. The van der Waals surface area contributed by atoms with Crippen molar-refractivity contribution in [2.24, 2.45) is 0 Å². The second-order valence-corrected chi connectivity index (χ2v) is 14.0. The average molecular weight is 726 g/mol. The summed E-state index contributed by atoms with van der Waals surface area (Å²) >= 11 is 0. The number of hydrogen-bond donors (Lipinski definition) is 3. The molecule has 5 aromatic rings. The van der Waals surface area contributed by atoms with Crippen molar-refractivity contribution in [3.63, 3.8) is 0 Å². The summed E-state index contributed by atoms with van der Waals surface area (Å²) in [6, 6.07) is 23.3. The summed E-state index contributed by atoms with van der Waals surface area (Å²) < 4.78 is 7.86. The first kappa shape index (κ1) is 34.7. The molecule has 13 nitrogen and oxygen atoms in total. The van der Waals surface area contributed by atoms with Crippen LogP contribution in [0.3, 0.4) is 0 Å². The molecule has 3 N–H and O–H groups in total. The minimum Gasteiger partial charge on any atom is -0.488 e. The molecule has 1 aliphatic carbocycles. The number of nitrogens with one attached hydrogen (secondary N) is 3. The Hall–Kier alpha value is -6.37. The Morgan fingerprint density at radius 2 is 1.67 bits per heavy atom. The van der Waals surface area contributed by atoms with E-state index in [9.17, 15) is 24.0 Å². The van der Waals surface area contributed by atoms with Crippen molar-refractivity contribution >= 4 is 41.0 Å². The third kappa shape index (κ3) is 6.80. The fourth-order valence-corrected chi connectivity index (χ4v) is 7.55. The fraction of sp³-hybridized carbons (Fsp3) is 0.293. The zero-order valence-electron chi connectivity index (χ0n) is 29.7. The number of hydrogen-bond acceptors (Lipinski definition) is 9. The molecule has 3 aliphatic rings. The molecule has 1 unspecified atom stereocenters. The molecule has 1 saturated carbocycles. The minimum atomic E-state index is -1.05. The van der Waals surface area contributed by atoms with Gasteiger partial charge in [0.1, 0.15) is 24.2 Å². The third-order valence-electron chi connectivity index (χ3n) is 10.3. The van der Waals surface area contributed by atoms with Crippen molar-refractivity contribution in [2.45, 2.75) is 76.6 Å². The Kier molecular flexibility index (Phi) is 9.36. The highest BCUT2D eigenvalue weighted by atomic mass is 16.5. The van der Waals surface area contributed by atoms with Crippen LogP contribution in [0.5, 0.6) is 5.75 Å². The molecule has 13 heteroatoms. The molecule has 2 fully saturated rings. The lowest BCUT2D eigenvalue weighted by Crippen LogP contribution is -2.54. The number of benzene rings is 3. The van der Waals surface area contributed by atoms with Gasteiger partial charge in [-0.05, 0) is 73.1 Å². The van der Waals surface area contributed by atoms with E-state index in [0.717, 1.165) is 70.9 Å². The van der Waals surface area contributed by atoms with Gasteiger partial charge in [0.25, 0.3) is 17.7 Å². The molecule has 274 valence electrons. The van der Waals surface area contributed by atoms with E-state index >= 15 is 0 Å². The van der Waals surface area contributed by atoms with Crippen LogP contribution >= 0.6 is 0 Å². The summed E-state index contributed by atoms with van der Waals surface area (Å²) in [6.07, 6.45) is 6.44. The van der Waals surface area contributed by atoms with Crippen LogP contribution in [-0.4, -0.2) is 67.2 Å². The van der Waals surface area contributed by atoms with Crippen LogP contribution in [0.4, 0.5) is 5.82 Å². The lowest BCUT2D eigenvalue weighted by molar-refractivity contribution is -0.136. The van der Waals surface area contributed by atoms with Gasteiger partial charge in [-0.25, -0.2) is 4.98 Å². The Morgan fingerprint density at radius 1 is 0.907 bits per heavy atom. The Labute approximate surface area is 311 Å². The van der Waals surface area contributed by atoms with Crippen molar-refractivity contribution in [3.05, 3.63) is 113 Å². The van der Waals surface area contributed by atoms with Crippen LogP contribution in [0.1, 0.15) is 87.8 Å². The molecule has 8 rings (SSSR count). The maximum absolute atomic E-state index is 13.4. The number of fused-ring (bicyclic) bond motifs is 2. The number of nitrogens with zero attached hydrogens (tertiary/aromatic N) is 4. The van der Waals surface area contributed by atoms with E-state index in [4.69, 9.17) is 4.74 Å². The molecule has 3 atom stereocenters. The van der Waals surface area contributed by atoms with Crippen molar-refractivity contribution in [3.8, 4) is 16.9 Å². The van der Waals surface area contributed by atoms with Gasteiger partial charge >= 0.3 is 0 Å². The number of piperidine rings is 1. The van der Waals surface area contributed by atoms with Gasteiger partial charge in [0, 0.05) is 41.9 Å². The Bertz CT molecular complexity index is 2280. The summed E-state index contributed by atoms with van der Waals surface area (Å²) in [5, 5.41) is 13.5. The third-order valence-corrected chi connectivity index (χ3v) is 10.3. The van der Waals surface area contributed by atoms with Gasteiger partial charge in [0.05, 0.1) is 17.3 Å². The second-order valence-electron chi connectivity index (χ2n) is 14.0. The first-order chi connectivity index (χ1) is 26.2. The maximum Gasteiger partial charge on any atom is 0.266 e. The van der Waals surface area contributed by atoms with Gasteiger partial charge < -0.3 is 15.4 Å². The van der Waals surface area contributed by atoms with Crippen LogP contribution in [0.15, 0.2) is 85.1 Å². The van der Waals surface area contributed by atoms with Gasteiger partial charge in [-0.15, -0.1) is 0 Å². The quantitative estimate of drug-likeness (QED) is 0.157. The maximum atomic E-state index is 13.4. The molecule has 1 saturated heterocycles. The molecule has 5 amide bonds. The highest BCUT2D eigenvalue weighted by Crippen LogP contribution is 2.34. The van der Waals surface area contributed by atoms with E-state index < -0.39 is 29.7 Å². The molecular weight excluding hydrogens is 686 g/mol. The van der Waals surface area contributed by atoms with Gasteiger partial charge in [-0.3, -0.25) is 34.2 Å². The number of anilines is 1. The van der Waals surface area contributed by atoms with Crippen LogP contribution in [0.25, 0.3) is 16.8 Å². The number of amides is 5. The molecule has 54 heavy (non-hydrogen) atoms. The zero-order chi connectivity index (χ0) is 37.3. The topological polar surface area (TPSA) is 164 Å². The predicted molar refractivity (Wildman–Crippen MR) is 199 cm³/mol. The van der Waals surface area contributed by atoms with E-state index in [1.54, 1.807) is 18.3 Å². The molecule has 2 aromatic heterocycles. The number of rotatable bonds is 11. The number of aryl methyl sites for hydroxylation is 1. The molecule has 0 spiro atoms. The first-order valence-electron chi connectivity index (χ1n) is 18.3. The van der Waals surface area contributed by atoms with Crippen molar-refractivity contribution < 1.29 is 28.7 Å². The van der Waals surface area contributed by atoms with Crippen LogP contribution < -0.4 is 20.7 Å². The molecular formula is C41H39N7O6. The fourth-order valence-electron chi connectivity index (χ4n) is 7.55. The van der Waals surface area contributed by atoms with Crippen LogP contribution in [-0.2, 0) is 22.6 Å². The summed E-state index contributed by atoms with van der Waals surface area (Å²) in [5.41, 5.74) is 5.49. The average Bonchev–Trinajstić information content (AvgIpc) is 3.90. The van der Waals surface area contributed by atoms with Gasteiger partial charge in [0.15, 0.2) is 5.65 Å². The number of ether oxygens (including phenoxy) is 1. The number of carbonyl (C=O) groups excluding carboxylic acids is 5. The standard InChI is InChI=1S/C41H39N7O6/c1-2-4-28-22-35(48-34(43-28)19-20-42-48)44-29-15-16-30(21-29)45-38(50)27-13-11-26(12-14-27)25-9-7-24(8-10-25)23-54-33-6-3-5-31-37(33)41(53)47(40(31)52)32-17-18-36(49)46-39(32)51/h3,5-14,19-20,22,29-30,32,44H,2,4,15-18,21,23H2,1H3,(H,45,50)(H,46,49,51)/t29-,30-,32?/m1/s1. The molecule has 0 bridgehead atoms. The van der Waals surface area contributed by atoms with Gasteiger partial charge in [-0.2, -0.15) is 9.61 Å². The van der Waals surface area contributed by atoms with E-state index in [0.29, 0.717) is 5.56 Å². The smallest absolute Gasteiger partial charge is 0.266 e. The van der Waals surface area contributed by atoms with Gasteiger partial charge in [-0.1, -0.05) is 55.8 Å². The van der Waals surface area contributed by atoms with Crippen LogP contribution in [0, 0.1) is 0 Å². The first-order valence-corrected chi connectivity index (χ1v) is 18.3. The summed E-state index contributed by atoms with van der Waals surface area (Å²) in [6.45, 7) is 2.28. The molecule has 3 aromatic carbocycles. The highest BCUT2D eigenvalue weighted by molar-refractivity contribution is 6.24. The van der Waals surface area contributed by atoms with Crippen molar-refractivity contribution in [2.75, 3.05) is 5.32 Å². The minimum absolute atomic E-state index is 0.0484. The van der Waals surface area contributed by atoms with E-state index in [2.05, 4.69) is 39.0 Å². The molecule has 0 radical (unpaired) electrons. The largest absolute Gasteiger partial charge is 0.488 e. The van der Waals surface area contributed by atoms with Crippen molar-refractivity contribution in [1.29, 1.82) is 0 Å². The normalized spacial score (nSPS) is 19.6. The summed E-state index contributed by atoms with van der Waals surface area (Å²) in [7, 11) is 0. The zero-order valence-corrected chi connectivity index (χ0v) is 29.7. The summed E-state index contributed by atoms with van der Waals surface area (Å²) in [4.78, 5) is 69.4. The van der Waals surface area contributed by atoms with E-state index in [1.807, 2.05) is 59.1 Å². The van der Waals surface area contributed by atoms with Gasteiger partial charge in [0.2, 0.25) is 11.8 Å². The second kappa shape index (κ2) is 14.6. The summed E-state index contributed by atoms with van der Waals surface area (Å²) in [5.74, 6) is -1.21. The molecule has 4 heterocycles. The lowest BCUT2D eigenvalue weighted by atomic mass is 10.0. The number of imide groups is 2. The highest BCUT2D eigenvalue weighted by Gasteiger charge is 2.46. The van der Waals surface area contributed by atoms with Crippen molar-refractivity contribution in [1.82, 2.24) is 30.1 Å². The van der Waals surface area contributed by atoms with E-state index in [1.165, 1.54) is 6.07 Å². The van der Waals surface area contributed by atoms with E-state index in [-0.39, 0.29) is 54.3 Å².